The van der Waals surface area contributed by atoms with Gasteiger partial charge in [0.1, 0.15) is 0 Å². The summed E-state index contributed by atoms with van der Waals surface area (Å²) in [5, 5.41) is 3.23. The molecule has 1 aliphatic heterocycles. The van der Waals surface area contributed by atoms with E-state index in [0.717, 1.165) is 25.7 Å². The van der Waals surface area contributed by atoms with Gasteiger partial charge in [-0.15, -0.1) is 0 Å². The van der Waals surface area contributed by atoms with Gasteiger partial charge in [-0.3, -0.25) is 4.90 Å². The number of hydrogen-bond acceptors (Lipinski definition) is 3. The highest BCUT2D eigenvalue weighted by Gasteiger charge is 2.43. The molecule has 3 nitrogen and oxygen atoms in total. The molecule has 0 aromatic heterocycles. The van der Waals surface area contributed by atoms with Crippen molar-refractivity contribution >= 4 is 0 Å². The third-order valence-electron chi connectivity index (χ3n) is 6.80. The summed E-state index contributed by atoms with van der Waals surface area (Å²) in [7, 11) is 4.26. The first-order valence-electron chi connectivity index (χ1n) is 9.75. The molecule has 23 heavy (non-hydrogen) atoms. The molecular formula is C20H37N3. The van der Waals surface area contributed by atoms with E-state index in [9.17, 15) is 0 Å². The molecule has 0 unspecified atom stereocenters. The quantitative estimate of drug-likeness (QED) is 0.803. The van der Waals surface area contributed by atoms with Crippen LogP contribution in [-0.4, -0.2) is 49.6 Å². The van der Waals surface area contributed by atoms with Crippen molar-refractivity contribution in [2.45, 2.75) is 71.3 Å². The van der Waals surface area contributed by atoms with Crippen LogP contribution in [0.3, 0.4) is 0 Å². The zero-order valence-corrected chi connectivity index (χ0v) is 15.8. The fourth-order valence-corrected chi connectivity index (χ4v) is 4.70. The third kappa shape index (κ3) is 4.30. The standard InChI is InChI=1S/C20H37N3/c1-19(2)9-11-20(12-10-19)7-5-17(6-8-20)23-16-18(23)15-22(4)14-13-21-3/h16-17,21H,5-15H2,1-4H3. The maximum absolute atomic E-state index is 3.23. The molecule has 0 atom stereocenters. The molecule has 1 spiro atoms. The van der Waals surface area contributed by atoms with Gasteiger partial charge in [-0.25, -0.2) is 0 Å². The van der Waals surface area contributed by atoms with Crippen molar-refractivity contribution in [3.63, 3.8) is 0 Å². The lowest BCUT2D eigenvalue weighted by Gasteiger charge is -2.47. The van der Waals surface area contributed by atoms with E-state index in [0.29, 0.717) is 10.8 Å². The molecule has 3 heteroatoms. The smallest absolute Gasteiger partial charge is 0.0484 e. The summed E-state index contributed by atoms with van der Waals surface area (Å²) < 4.78 is 0. The van der Waals surface area contributed by atoms with Crippen LogP contribution in [0, 0.1) is 10.8 Å². The molecule has 0 amide bonds. The number of hydrogen-bond donors (Lipinski definition) is 1. The highest BCUT2D eigenvalue weighted by atomic mass is 15.3. The summed E-state index contributed by atoms with van der Waals surface area (Å²) in [5.74, 6) is 0. The minimum atomic E-state index is 0.606. The Morgan fingerprint density at radius 3 is 2.39 bits per heavy atom. The minimum absolute atomic E-state index is 0.606. The van der Waals surface area contributed by atoms with Crippen LogP contribution in [0.25, 0.3) is 0 Å². The average Bonchev–Trinajstić information content (AvgIpc) is 3.28. The first-order valence-corrected chi connectivity index (χ1v) is 9.75. The molecule has 0 aromatic carbocycles. The molecule has 1 N–H and O–H groups in total. The van der Waals surface area contributed by atoms with E-state index in [1.165, 1.54) is 51.4 Å². The van der Waals surface area contributed by atoms with E-state index in [2.05, 4.69) is 42.2 Å². The fourth-order valence-electron chi connectivity index (χ4n) is 4.70. The van der Waals surface area contributed by atoms with Crippen LogP contribution < -0.4 is 5.32 Å². The molecule has 2 fully saturated rings. The molecule has 0 saturated heterocycles. The summed E-state index contributed by atoms with van der Waals surface area (Å²) in [6.07, 6.45) is 14.0. The monoisotopic (exact) mass is 319 g/mol. The number of nitrogens with one attached hydrogen (secondary N) is 1. The Morgan fingerprint density at radius 2 is 1.78 bits per heavy atom. The molecule has 3 rings (SSSR count). The molecule has 2 saturated carbocycles. The van der Waals surface area contributed by atoms with Crippen LogP contribution in [0.15, 0.2) is 11.9 Å². The van der Waals surface area contributed by atoms with E-state index >= 15 is 0 Å². The lowest BCUT2D eigenvalue weighted by Crippen LogP contribution is -2.38. The highest BCUT2D eigenvalue weighted by molar-refractivity contribution is 5.23. The minimum Gasteiger partial charge on any atom is -0.344 e. The van der Waals surface area contributed by atoms with Gasteiger partial charge in [-0.1, -0.05) is 13.8 Å². The zero-order chi connectivity index (χ0) is 16.5. The van der Waals surface area contributed by atoms with Crippen LogP contribution in [0.5, 0.6) is 0 Å². The molecular weight excluding hydrogens is 282 g/mol. The lowest BCUT2D eigenvalue weighted by molar-refractivity contribution is 0.0477. The summed E-state index contributed by atoms with van der Waals surface area (Å²) in [4.78, 5) is 5.02. The summed E-state index contributed by atoms with van der Waals surface area (Å²) in [5.41, 5.74) is 2.88. The summed E-state index contributed by atoms with van der Waals surface area (Å²) in [6, 6.07) is 0.809. The Kier molecular flexibility index (Phi) is 5.08. The van der Waals surface area contributed by atoms with Gasteiger partial charge in [-0.05, 0) is 76.3 Å². The Labute approximate surface area is 143 Å². The molecule has 1 heterocycles. The summed E-state index contributed by atoms with van der Waals surface area (Å²) in [6.45, 7) is 8.25. The van der Waals surface area contributed by atoms with E-state index in [1.807, 2.05) is 7.05 Å². The largest absolute Gasteiger partial charge is 0.344 e. The van der Waals surface area contributed by atoms with Gasteiger partial charge in [0.2, 0.25) is 0 Å². The predicted molar refractivity (Wildman–Crippen MR) is 98.3 cm³/mol. The van der Waals surface area contributed by atoms with Gasteiger partial charge in [-0.2, -0.15) is 0 Å². The zero-order valence-electron chi connectivity index (χ0n) is 15.8. The van der Waals surface area contributed by atoms with Crippen molar-refractivity contribution in [3.05, 3.63) is 11.9 Å². The SMILES string of the molecule is CNCCN(C)CC1=CN1C1CCC2(CC1)CCC(C)(C)CC2. The molecule has 0 bridgehead atoms. The first-order chi connectivity index (χ1) is 10.9. The van der Waals surface area contributed by atoms with Crippen LogP contribution >= 0.6 is 0 Å². The van der Waals surface area contributed by atoms with Gasteiger partial charge in [0.15, 0.2) is 0 Å². The second-order valence-electron chi connectivity index (χ2n) is 9.26. The van der Waals surface area contributed by atoms with E-state index in [1.54, 1.807) is 5.70 Å². The van der Waals surface area contributed by atoms with Gasteiger partial charge in [0.25, 0.3) is 0 Å². The second-order valence-corrected chi connectivity index (χ2v) is 9.26. The number of likely N-dealkylation sites (N-methyl/N-ethyl adjacent to an activating group) is 2. The van der Waals surface area contributed by atoms with Crippen molar-refractivity contribution in [1.82, 2.24) is 15.1 Å². The van der Waals surface area contributed by atoms with Gasteiger partial charge in [0, 0.05) is 37.6 Å². The van der Waals surface area contributed by atoms with Crippen molar-refractivity contribution in [2.75, 3.05) is 33.7 Å². The topological polar surface area (TPSA) is 18.3 Å². The van der Waals surface area contributed by atoms with Crippen molar-refractivity contribution in [1.29, 1.82) is 0 Å². The van der Waals surface area contributed by atoms with E-state index in [4.69, 9.17) is 0 Å². The third-order valence-corrected chi connectivity index (χ3v) is 6.80. The molecule has 132 valence electrons. The predicted octanol–water partition coefficient (Wildman–Crippen LogP) is 3.82. The van der Waals surface area contributed by atoms with Crippen LogP contribution in [0.4, 0.5) is 0 Å². The Balaban J connectivity index is 1.39. The van der Waals surface area contributed by atoms with Gasteiger partial charge < -0.3 is 10.2 Å². The van der Waals surface area contributed by atoms with Gasteiger partial charge in [0.05, 0.1) is 0 Å². The van der Waals surface area contributed by atoms with Crippen LogP contribution in [-0.2, 0) is 0 Å². The van der Waals surface area contributed by atoms with Crippen molar-refractivity contribution in [2.24, 2.45) is 10.8 Å². The van der Waals surface area contributed by atoms with E-state index < -0.39 is 0 Å². The van der Waals surface area contributed by atoms with Gasteiger partial charge >= 0.3 is 0 Å². The van der Waals surface area contributed by atoms with Crippen LogP contribution in [0.1, 0.15) is 65.2 Å². The summed E-state index contributed by atoms with van der Waals surface area (Å²) >= 11 is 0. The van der Waals surface area contributed by atoms with Crippen molar-refractivity contribution < 1.29 is 0 Å². The number of rotatable bonds is 6. The van der Waals surface area contributed by atoms with Crippen molar-refractivity contribution in [3.8, 4) is 0 Å². The normalized spacial score (nSPS) is 26.7. The Hall–Kier alpha value is -0.540. The fraction of sp³-hybridized carbons (Fsp3) is 0.900. The maximum atomic E-state index is 3.23. The number of nitrogens with zero attached hydrogens (tertiary/aromatic N) is 2. The molecule has 3 aliphatic rings. The second kappa shape index (κ2) is 6.76. The Morgan fingerprint density at radius 1 is 1.13 bits per heavy atom. The molecule has 0 radical (unpaired) electrons. The first kappa shape index (κ1) is 17.3. The maximum Gasteiger partial charge on any atom is 0.0484 e. The average molecular weight is 320 g/mol. The molecule has 0 aromatic rings. The van der Waals surface area contributed by atoms with E-state index in [-0.39, 0.29) is 0 Å². The Bertz CT molecular complexity index is 420. The lowest BCUT2D eigenvalue weighted by atomic mass is 9.59. The molecule has 2 aliphatic carbocycles. The van der Waals surface area contributed by atoms with Crippen LogP contribution in [0.2, 0.25) is 0 Å². The highest BCUT2D eigenvalue weighted by Crippen LogP contribution is 2.53.